The average molecular weight is 292 g/mol. The van der Waals surface area contributed by atoms with Crippen LogP contribution in [-0.4, -0.2) is 36.6 Å². The van der Waals surface area contributed by atoms with Gasteiger partial charge in [0.2, 0.25) is 5.91 Å². The molecule has 1 fully saturated rings. The molecule has 1 N–H and O–H groups in total. The summed E-state index contributed by atoms with van der Waals surface area (Å²) in [7, 11) is 2.86. The van der Waals surface area contributed by atoms with E-state index in [1.807, 2.05) is 0 Å². The summed E-state index contributed by atoms with van der Waals surface area (Å²) in [6.45, 7) is 1.71. The van der Waals surface area contributed by atoms with Crippen molar-refractivity contribution in [3.8, 4) is 5.75 Å². The van der Waals surface area contributed by atoms with Gasteiger partial charge in [0.25, 0.3) is 0 Å². The largest absolute Gasteiger partial charge is 0.495 e. The number of ether oxygens (including phenoxy) is 2. The molecule has 2 rings (SSSR count). The number of nitrogens with one attached hydrogen (secondary N) is 1. The third kappa shape index (κ3) is 3.32. The van der Waals surface area contributed by atoms with E-state index in [1.165, 1.54) is 14.2 Å². The van der Waals surface area contributed by atoms with E-state index in [4.69, 9.17) is 9.47 Å². The molecular formula is C15H20N2O4. The summed E-state index contributed by atoms with van der Waals surface area (Å²) in [5.74, 6) is 0.0107. The van der Waals surface area contributed by atoms with E-state index in [-0.39, 0.29) is 18.2 Å². The number of pyridine rings is 1. The van der Waals surface area contributed by atoms with Crippen molar-refractivity contribution in [2.45, 2.75) is 31.7 Å². The molecule has 6 nitrogen and oxygen atoms in total. The minimum atomic E-state index is -0.964. The van der Waals surface area contributed by atoms with Crippen LogP contribution in [0.5, 0.6) is 5.75 Å². The van der Waals surface area contributed by atoms with Gasteiger partial charge in [0, 0.05) is 6.20 Å². The molecule has 1 atom stereocenters. The topological polar surface area (TPSA) is 77.5 Å². The third-order valence-corrected chi connectivity index (χ3v) is 3.80. The van der Waals surface area contributed by atoms with Crippen molar-refractivity contribution < 1.29 is 19.1 Å². The molecule has 1 aliphatic rings. The molecule has 1 unspecified atom stereocenters. The fraction of sp³-hybridized carbons (Fsp3) is 0.533. The van der Waals surface area contributed by atoms with Crippen LogP contribution in [0.3, 0.4) is 0 Å². The lowest BCUT2D eigenvalue weighted by Crippen LogP contribution is -2.55. The van der Waals surface area contributed by atoms with E-state index in [0.29, 0.717) is 11.4 Å². The Kier molecular flexibility index (Phi) is 4.45. The summed E-state index contributed by atoms with van der Waals surface area (Å²) in [4.78, 5) is 28.3. The fourth-order valence-electron chi connectivity index (χ4n) is 2.42. The summed E-state index contributed by atoms with van der Waals surface area (Å²) in [6, 6.07) is 3.49. The molecule has 1 aromatic rings. The van der Waals surface area contributed by atoms with Crippen LogP contribution in [0.25, 0.3) is 0 Å². The predicted molar refractivity (Wildman–Crippen MR) is 75.8 cm³/mol. The highest BCUT2D eigenvalue weighted by molar-refractivity contribution is 5.89. The number of hydrogen-bond acceptors (Lipinski definition) is 5. The van der Waals surface area contributed by atoms with Crippen molar-refractivity contribution in [3.05, 3.63) is 24.0 Å². The van der Waals surface area contributed by atoms with Crippen molar-refractivity contribution in [2.75, 3.05) is 14.2 Å². The molecule has 0 spiro atoms. The molecule has 1 heterocycles. The fourth-order valence-corrected chi connectivity index (χ4v) is 2.42. The molecule has 0 aliphatic heterocycles. The first-order chi connectivity index (χ1) is 10.0. The van der Waals surface area contributed by atoms with Crippen LogP contribution < -0.4 is 10.1 Å². The van der Waals surface area contributed by atoms with Crippen LogP contribution in [0.2, 0.25) is 0 Å². The third-order valence-electron chi connectivity index (χ3n) is 3.80. The van der Waals surface area contributed by atoms with E-state index >= 15 is 0 Å². The van der Waals surface area contributed by atoms with Gasteiger partial charge in [-0.3, -0.25) is 9.78 Å². The second kappa shape index (κ2) is 6.11. The van der Waals surface area contributed by atoms with Gasteiger partial charge in [0.05, 0.1) is 26.3 Å². The second-order valence-corrected chi connectivity index (χ2v) is 5.35. The highest BCUT2D eigenvalue weighted by atomic mass is 16.5. The maximum Gasteiger partial charge on any atom is 0.331 e. The minimum absolute atomic E-state index is 0.0588. The number of rotatable bonds is 6. The van der Waals surface area contributed by atoms with Gasteiger partial charge < -0.3 is 14.8 Å². The molecule has 1 aliphatic carbocycles. The molecule has 0 radical (unpaired) electrons. The van der Waals surface area contributed by atoms with Crippen molar-refractivity contribution in [1.82, 2.24) is 10.3 Å². The molecule has 6 heteroatoms. The number of carbonyl (C=O) groups is 2. The molecule has 0 aromatic carbocycles. The summed E-state index contributed by atoms with van der Waals surface area (Å²) >= 11 is 0. The Morgan fingerprint density at radius 2 is 2.14 bits per heavy atom. The van der Waals surface area contributed by atoms with Gasteiger partial charge in [-0.25, -0.2) is 4.79 Å². The molecule has 0 bridgehead atoms. The van der Waals surface area contributed by atoms with Crippen LogP contribution in [-0.2, 0) is 20.7 Å². The van der Waals surface area contributed by atoms with Crippen molar-refractivity contribution >= 4 is 11.9 Å². The first kappa shape index (κ1) is 15.3. The number of hydrogen-bond donors (Lipinski definition) is 1. The van der Waals surface area contributed by atoms with Gasteiger partial charge in [-0.1, -0.05) is 0 Å². The van der Waals surface area contributed by atoms with Crippen molar-refractivity contribution in [1.29, 1.82) is 0 Å². The number of nitrogens with zero attached hydrogens (tertiary/aromatic N) is 1. The Morgan fingerprint density at radius 1 is 1.43 bits per heavy atom. The Morgan fingerprint density at radius 3 is 2.71 bits per heavy atom. The van der Waals surface area contributed by atoms with Gasteiger partial charge in [-0.05, 0) is 37.8 Å². The average Bonchev–Trinajstić information content (AvgIpc) is 3.31. The lowest BCUT2D eigenvalue weighted by atomic mass is 9.95. The summed E-state index contributed by atoms with van der Waals surface area (Å²) in [6.07, 6.45) is 3.49. The Labute approximate surface area is 123 Å². The van der Waals surface area contributed by atoms with Crippen LogP contribution in [0.4, 0.5) is 0 Å². The molecule has 1 amide bonds. The maximum absolute atomic E-state index is 12.2. The second-order valence-electron chi connectivity index (χ2n) is 5.35. The quantitative estimate of drug-likeness (QED) is 0.794. The SMILES string of the molecule is COC(=O)C(C)(NC(=O)Cc1ncccc1OC)C1CC1. The summed E-state index contributed by atoms with van der Waals surface area (Å²) < 4.78 is 9.99. The summed E-state index contributed by atoms with van der Waals surface area (Å²) in [5.41, 5.74) is -0.422. The van der Waals surface area contributed by atoms with Gasteiger partial charge in [0.15, 0.2) is 0 Å². The van der Waals surface area contributed by atoms with E-state index < -0.39 is 11.5 Å². The molecular weight excluding hydrogens is 272 g/mol. The molecule has 1 saturated carbocycles. The van der Waals surface area contributed by atoms with Crippen LogP contribution in [0, 0.1) is 5.92 Å². The van der Waals surface area contributed by atoms with Crippen LogP contribution in [0.15, 0.2) is 18.3 Å². The Balaban J connectivity index is 2.08. The zero-order valence-corrected chi connectivity index (χ0v) is 12.5. The van der Waals surface area contributed by atoms with Crippen molar-refractivity contribution in [2.24, 2.45) is 5.92 Å². The maximum atomic E-state index is 12.2. The van der Waals surface area contributed by atoms with Crippen LogP contribution >= 0.6 is 0 Å². The van der Waals surface area contributed by atoms with Gasteiger partial charge in [-0.15, -0.1) is 0 Å². The number of carbonyl (C=O) groups excluding carboxylic acids is 2. The number of amides is 1. The minimum Gasteiger partial charge on any atom is -0.495 e. The molecule has 1 aromatic heterocycles. The normalized spacial score (nSPS) is 16.7. The van der Waals surface area contributed by atoms with Crippen LogP contribution in [0.1, 0.15) is 25.5 Å². The Bertz CT molecular complexity index is 542. The highest BCUT2D eigenvalue weighted by Gasteiger charge is 2.49. The number of methoxy groups -OCH3 is 2. The van der Waals surface area contributed by atoms with Gasteiger partial charge in [0.1, 0.15) is 11.3 Å². The molecule has 0 saturated heterocycles. The van der Waals surface area contributed by atoms with Gasteiger partial charge in [-0.2, -0.15) is 0 Å². The number of esters is 1. The van der Waals surface area contributed by atoms with E-state index in [2.05, 4.69) is 10.3 Å². The lowest BCUT2D eigenvalue weighted by Gasteiger charge is -2.27. The zero-order chi connectivity index (χ0) is 15.5. The monoisotopic (exact) mass is 292 g/mol. The standard InChI is InChI=1S/C15H20N2O4/c1-15(10-6-7-10,14(19)21-3)17-13(18)9-11-12(20-2)5-4-8-16-11/h4-5,8,10H,6-7,9H2,1-3H3,(H,17,18). The highest BCUT2D eigenvalue weighted by Crippen LogP contribution is 2.40. The summed E-state index contributed by atoms with van der Waals surface area (Å²) in [5, 5.41) is 2.80. The van der Waals surface area contributed by atoms with E-state index in [1.54, 1.807) is 25.3 Å². The van der Waals surface area contributed by atoms with Crippen molar-refractivity contribution in [3.63, 3.8) is 0 Å². The lowest BCUT2D eigenvalue weighted by molar-refractivity contribution is -0.151. The smallest absolute Gasteiger partial charge is 0.331 e. The molecule has 114 valence electrons. The zero-order valence-electron chi connectivity index (χ0n) is 12.5. The predicted octanol–water partition coefficient (Wildman–Crippen LogP) is 1.09. The van der Waals surface area contributed by atoms with E-state index in [9.17, 15) is 9.59 Å². The van der Waals surface area contributed by atoms with E-state index in [0.717, 1.165) is 12.8 Å². The first-order valence-electron chi connectivity index (χ1n) is 6.88. The first-order valence-corrected chi connectivity index (χ1v) is 6.88. The van der Waals surface area contributed by atoms with Gasteiger partial charge >= 0.3 is 5.97 Å². The molecule has 21 heavy (non-hydrogen) atoms. The Hall–Kier alpha value is -2.11. The number of aromatic nitrogens is 1.